The Hall–Kier alpha value is -1.18. The maximum Gasteiger partial charge on any atom is 0.218 e. The zero-order valence-electron chi connectivity index (χ0n) is 14.6. The topological polar surface area (TPSA) is 58.2 Å². The molecule has 3 aliphatic heterocycles. The van der Waals surface area contributed by atoms with Crippen LogP contribution in [0.15, 0.2) is 30.3 Å². The van der Waals surface area contributed by atoms with Gasteiger partial charge in [0, 0.05) is 5.69 Å². The van der Waals surface area contributed by atoms with Gasteiger partial charge < -0.3 is 29.0 Å². The van der Waals surface area contributed by atoms with Crippen LogP contribution in [0, 0.1) is 0 Å². The summed E-state index contributed by atoms with van der Waals surface area (Å²) in [6.45, 7) is 8.51. The van der Waals surface area contributed by atoms with Crippen molar-refractivity contribution in [3.8, 4) is 0 Å². The van der Waals surface area contributed by atoms with Gasteiger partial charge in [-0.1, -0.05) is 18.2 Å². The van der Waals surface area contributed by atoms with E-state index >= 15 is 0 Å². The first-order valence-corrected chi connectivity index (χ1v) is 8.45. The molecule has 0 spiro atoms. The molecule has 4 unspecified atom stereocenters. The standard InChI is InChI=1S/C18H25NO5/c1-16(2)21-13-10-20-18(11-19-12-8-6-5-7-9-12)15(14(13)22-16)23-17(3,4)24-18/h5-9,13-15,19H,10-11H2,1-4H3. The van der Waals surface area contributed by atoms with Gasteiger partial charge in [0.05, 0.1) is 13.2 Å². The second kappa shape index (κ2) is 5.41. The Morgan fingerprint density at radius 3 is 2.50 bits per heavy atom. The van der Waals surface area contributed by atoms with Crippen LogP contribution in [0.5, 0.6) is 0 Å². The van der Waals surface area contributed by atoms with Crippen molar-refractivity contribution >= 4 is 5.69 Å². The predicted molar refractivity (Wildman–Crippen MR) is 87.5 cm³/mol. The van der Waals surface area contributed by atoms with Crippen molar-refractivity contribution in [2.75, 3.05) is 18.5 Å². The molecule has 0 bridgehead atoms. The van der Waals surface area contributed by atoms with Crippen LogP contribution in [0.25, 0.3) is 0 Å². The predicted octanol–water partition coefficient (Wildman–Crippen LogP) is 2.50. The number of hydrogen-bond donors (Lipinski definition) is 1. The van der Waals surface area contributed by atoms with Gasteiger partial charge in [-0.2, -0.15) is 0 Å². The molecule has 1 aromatic rings. The van der Waals surface area contributed by atoms with Crippen LogP contribution >= 0.6 is 0 Å². The minimum atomic E-state index is -0.899. The molecule has 0 amide bonds. The lowest BCUT2D eigenvalue weighted by atomic mass is 9.97. The molecule has 1 aromatic carbocycles. The minimum absolute atomic E-state index is 0.146. The SMILES string of the molecule is CC1(C)OC2COC3(CNc4ccccc4)OC(C)(C)OC3C2O1. The van der Waals surface area contributed by atoms with Crippen molar-refractivity contribution in [1.29, 1.82) is 0 Å². The molecule has 3 heterocycles. The van der Waals surface area contributed by atoms with E-state index in [1.165, 1.54) is 0 Å². The third kappa shape index (κ3) is 2.82. The van der Waals surface area contributed by atoms with Crippen LogP contribution in [0.2, 0.25) is 0 Å². The highest BCUT2D eigenvalue weighted by atomic mass is 16.9. The summed E-state index contributed by atoms with van der Waals surface area (Å²) < 4.78 is 30.5. The summed E-state index contributed by atoms with van der Waals surface area (Å²) >= 11 is 0. The van der Waals surface area contributed by atoms with Crippen LogP contribution in [0.1, 0.15) is 27.7 Å². The van der Waals surface area contributed by atoms with Crippen LogP contribution in [-0.4, -0.2) is 48.8 Å². The molecule has 4 atom stereocenters. The number of fused-ring (bicyclic) bond motifs is 3. The van der Waals surface area contributed by atoms with E-state index in [1.807, 2.05) is 58.0 Å². The smallest absolute Gasteiger partial charge is 0.218 e. The molecule has 0 aliphatic carbocycles. The van der Waals surface area contributed by atoms with Crippen LogP contribution < -0.4 is 5.32 Å². The molecular formula is C18H25NO5. The number of rotatable bonds is 3. The number of ether oxygens (including phenoxy) is 5. The fraction of sp³-hybridized carbons (Fsp3) is 0.667. The monoisotopic (exact) mass is 335 g/mol. The molecule has 6 nitrogen and oxygen atoms in total. The van der Waals surface area contributed by atoms with Gasteiger partial charge >= 0.3 is 0 Å². The van der Waals surface area contributed by atoms with Crippen LogP contribution in [0.4, 0.5) is 5.69 Å². The molecule has 132 valence electrons. The van der Waals surface area contributed by atoms with E-state index in [0.29, 0.717) is 13.2 Å². The molecule has 0 radical (unpaired) electrons. The van der Waals surface area contributed by atoms with E-state index < -0.39 is 17.4 Å². The molecular weight excluding hydrogens is 310 g/mol. The van der Waals surface area contributed by atoms with E-state index in [-0.39, 0.29) is 18.3 Å². The molecule has 0 saturated carbocycles. The fourth-order valence-electron chi connectivity index (χ4n) is 3.76. The summed E-state index contributed by atoms with van der Waals surface area (Å²) in [5.41, 5.74) is 1.01. The van der Waals surface area contributed by atoms with E-state index in [2.05, 4.69) is 5.32 Å². The summed E-state index contributed by atoms with van der Waals surface area (Å²) in [5, 5.41) is 3.39. The maximum atomic E-state index is 6.20. The van der Waals surface area contributed by atoms with E-state index in [1.54, 1.807) is 0 Å². The van der Waals surface area contributed by atoms with Gasteiger partial charge in [-0.25, -0.2) is 0 Å². The van der Waals surface area contributed by atoms with E-state index in [4.69, 9.17) is 23.7 Å². The van der Waals surface area contributed by atoms with Gasteiger partial charge in [0.25, 0.3) is 0 Å². The second-order valence-electron chi connectivity index (χ2n) is 7.52. The fourth-order valence-corrected chi connectivity index (χ4v) is 3.76. The number of para-hydroxylation sites is 1. The highest BCUT2D eigenvalue weighted by Gasteiger charge is 2.65. The van der Waals surface area contributed by atoms with Crippen molar-refractivity contribution in [3.05, 3.63) is 30.3 Å². The summed E-state index contributed by atoms with van der Waals surface area (Å²) in [6, 6.07) is 9.98. The average Bonchev–Trinajstić information content (AvgIpc) is 2.98. The third-order valence-electron chi connectivity index (χ3n) is 4.59. The molecule has 24 heavy (non-hydrogen) atoms. The molecule has 0 aromatic heterocycles. The number of anilines is 1. The van der Waals surface area contributed by atoms with Gasteiger partial charge in [-0.05, 0) is 39.8 Å². The Bertz CT molecular complexity index is 605. The van der Waals surface area contributed by atoms with Gasteiger partial charge in [0.1, 0.15) is 18.3 Å². The molecule has 3 fully saturated rings. The number of nitrogens with one attached hydrogen (secondary N) is 1. The van der Waals surface area contributed by atoms with Crippen molar-refractivity contribution in [2.45, 2.75) is 63.4 Å². The highest BCUT2D eigenvalue weighted by Crippen LogP contribution is 2.47. The zero-order valence-corrected chi connectivity index (χ0v) is 14.6. The van der Waals surface area contributed by atoms with Crippen molar-refractivity contribution in [1.82, 2.24) is 0 Å². The van der Waals surface area contributed by atoms with Gasteiger partial charge in [0.15, 0.2) is 11.6 Å². The second-order valence-corrected chi connectivity index (χ2v) is 7.52. The Morgan fingerprint density at radius 1 is 1.00 bits per heavy atom. The number of hydrogen-bond acceptors (Lipinski definition) is 6. The third-order valence-corrected chi connectivity index (χ3v) is 4.59. The summed E-state index contributed by atoms with van der Waals surface area (Å²) in [6.07, 6.45) is -0.718. The minimum Gasteiger partial charge on any atom is -0.380 e. The molecule has 6 heteroatoms. The summed E-state index contributed by atoms with van der Waals surface area (Å²) in [7, 11) is 0. The van der Waals surface area contributed by atoms with Crippen molar-refractivity contribution in [3.63, 3.8) is 0 Å². The summed E-state index contributed by atoms with van der Waals surface area (Å²) in [5.74, 6) is -2.28. The Morgan fingerprint density at radius 2 is 1.75 bits per heavy atom. The van der Waals surface area contributed by atoms with E-state index in [0.717, 1.165) is 5.69 Å². The average molecular weight is 335 g/mol. The maximum absolute atomic E-state index is 6.20. The quantitative estimate of drug-likeness (QED) is 0.916. The lowest BCUT2D eigenvalue weighted by Crippen LogP contribution is -2.61. The highest BCUT2D eigenvalue weighted by molar-refractivity contribution is 5.42. The number of benzene rings is 1. The Balaban J connectivity index is 1.58. The molecule has 3 aliphatic rings. The molecule has 3 saturated heterocycles. The van der Waals surface area contributed by atoms with Crippen molar-refractivity contribution in [2.24, 2.45) is 0 Å². The Labute approximate surface area is 142 Å². The first-order valence-electron chi connectivity index (χ1n) is 8.45. The largest absolute Gasteiger partial charge is 0.380 e. The first kappa shape index (κ1) is 16.3. The first-order chi connectivity index (χ1) is 11.3. The van der Waals surface area contributed by atoms with Gasteiger partial charge in [-0.3, -0.25) is 0 Å². The van der Waals surface area contributed by atoms with Crippen LogP contribution in [-0.2, 0) is 23.7 Å². The van der Waals surface area contributed by atoms with E-state index in [9.17, 15) is 0 Å². The van der Waals surface area contributed by atoms with Crippen LogP contribution in [0.3, 0.4) is 0 Å². The molecule has 4 rings (SSSR count). The summed E-state index contributed by atoms with van der Waals surface area (Å²) in [4.78, 5) is 0. The zero-order chi connectivity index (χ0) is 17.0. The Kier molecular flexibility index (Phi) is 3.67. The lowest BCUT2D eigenvalue weighted by Gasteiger charge is -2.40. The lowest BCUT2D eigenvalue weighted by molar-refractivity contribution is -0.273. The van der Waals surface area contributed by atoms with Gasteiger partial charge in [-0.15, -0.1) is 0 Å². The van der Waals surface area contributed by atoms with Crippen molar-refractivity contribution < 1.29 is 23.7 Å². The van der Waals surface area contributed by atoms with Gasteiger partial charge in [0.2, 0.25) is 5.79 Å². The molecule has 1 N–H and O–H groups in total. The normalized spacial score (nSPS) is 39.2.